The van der Waals surface area contributed by atoms with Gasteiger partial charge in [-0.3, -0.25) is 14.8 Å². The van der Waals surface area contributed by atoms with Crippen LogP contribution in [0, 0.1) is 0 Å². The highest BCUT2D eigenvalue weighted by Crippen LogP contribution is 2.30. The Hall–Kier alpha value is -2.34. The number of aromatic amines is 2. The Kier molecular flexibility index (Phi) is 4.57. The minimum atomic E-state index is -0.698. The normalized spacial score (nSPS) is 14.6. The van der Waals surface area contributed by atoms with Crippen LogP contribution in [0.2, 0.25) is 0 Å². The first-order valence-electron chi connectivity index (χ1n) is 7.89. The van der Waals surface area contributed by atoms with Gasteiger partial charge in [-0.25, -0.2) is 9.59 Å². The molecule has 0 amide bonds. The van der Waals surface area contributed by atoms with E-state index in [0.29, 0.717) is 30.4 Å². The first-order chi connectivity index (χ1) is 11.5. The van der Waals surface area contributed by atoms with Gasteiger partial charge in [0.25, 0.3) is 5.56 Å². The molecule has 0 saturated carbocycles. The molecule has 0 saturated heterocycles. The van der Waals surface area contributed by atoms with Crippen LogP contribution in [0.1, 0.15) is 43.7 Å². The fourth-order valence-corrected chi connectivity index (χ4v) is 3.11. The summed E-state index contributed by atoms with van der Waals surface area (Å²) in [5.74, 6) is 0. The first kappa shape index (κ1) is 16.5. The predicted molar refractivity (Wildman–Crippen MR) is 93.5 cm³/mol. The number of H-pyrrole nitrogens is 2. The van der Waals surface area contributed by atoms with Gasteiger partial charge < -0.3 is 4.42 Å². The molecule has 1 aliphatic carbocycles. The van der Waals surface area contributed by atoms with E-state index >= 15 is 0 Å². The van der Waals surface area contributed by atoms with Gasteiger partial charge in [0.1, 0.15) is 5.39 Å². The number of hydrogen-bond acceptors (Lipinski definition) is 4. The van der Waals surface area contributed by atoms with Crippen molar-refractivity contribution < 1.29 is 4.42 Å². The summed E-state index contributed by atoms with van der Waals surface area (Å²) in [7, 11) is 0. The molecule has 2 aromatic heterocycles. The highest BCUT2D eigenvalue weighted by atomic mass is 35.5. The van der Waals surface area contributed by atoms with Gasteiger partial charge in [0.15, 0.2) is 0 Å². The molecule has 6 nitrogen and oxygen atoms in total. The number of nitrogens with one attached hydrogen (secondary N) is 2. The zero-order valence-corrected chi connectivity index (χ0v) is 14.0. The van der Waals surface area contributed by atoms with E-state index in [1.54, 1.807) is 12.2 Å². The third kappa shape index (κ3) is 3.01. The first-order valence-corrected chi connectivity index (χ1v) is 8.27. The average molecular weight is 349 g/mol. The summed E-state index contributed by atoms with van der Waals surface area (Å²) in [4.78, 5) is 40.9. The lowest BCUT2D eigenvalue weighted by atomic mass is 9.91. The van der Waals surface area contributed by atoms with Crippen LogP contribution in [0.3, 0.4) is 0 Å². The van der Waals surface area contributed by atoms with E-state index in [-0.39, 0.29) is 11.1 Å². The van der Waals surface area contributed by atoms with Crippen LogP contribution >= 0.6 is 11.6 Å². The standard InChI is InChI=1S/C17H17ClN2O4/c1-2-3-4-11-12(9-5-7-10(18)8-6-9)16(22)24-15-13(11)14(21)19-17(23)20-15/h5,7H,2-4,6,8H2,1H3,(H2,19,20,21,23). The van der Waals surface area contributed by atoms with E-state index in [0.717, 1.165) is 23.4 Å². The highest BCUT2D eigenvalue weighted by molar-refractivity contribution is 6.29. The van der Waals surface area contributed by atoms with Crippen molar-refractivity contribution in [2.75, 3.05) is 0 Å². The van der Waals surface area contributed by atoms with Gasteiger partial charge in [0.2, 0.25) is 5.71 Å². The van der Waals surface area contributed by atoms with Gasteiger partial charge in [-0.1, -0.05) is 31.0 Å². The Morgan fingerprint density at radius 3 is 2.62 bits per heavy atom. The summed E-state index contributed by atoms with van der Waals surface area (Å²) in [5, 5.41) is 0.959. The highest BCUT2D eigenvalue weighted by Gasteiger charge is 2.21. The second-order valence-electron chi connectivity index (χ2n) is 5.76. The maximum atomic E-state index is 12.5. The van der Waals surface area contributed by atoms with Crippen molar-refractivity contribution in [1.82, 2.24) is 9.97 Å². The molecule has 0 spiro atoms. The molecular weight excluding hydrogens is 332 g/mol. The second-order valence-corrected chi connectivity index (χ2v) is 6.25. The SMILES string of the molecule is CCCCc1c(C2=CC=C(Cl)CC2)c(=O)oc2[nH]c(=O)[nH]c(=O)c12. The Balaban J connectivity index is 2.36. The predicted octanol–water partition coefficient (Wildman–Crippen LogP) is 2.81. The number of aryl methyl sites for hydroxylation is 1. The van der Waals surface area contributed by atoms with E-state index in [1.807, 2.05) is 6.92 Å². The molecule has 0 radical (unpaired) electrons. The van der Waals surface area contributed by atoms with Gasteiger partial charge in [-0.05, 0) is 42.9 Å². The zero-order valence-electron chi connectivity index (χ0n) is 13.2. The molecule has 24 heavy (non-hydrogen) atoms. The van der Waals surface area contributed by atoms with Crippen LogP contribution in [0.25, 0.3) is 16.7 Å². The molecule has 7 heteroatoms. The topological polar surface area (TPSA) is 95.9 Å². The van der Waals surface area contributed by atoms with Gasteiger partial charge in [-0.15, -0.1) is 0 Å². The Morgan fingerprint density at radius 1 is 1.17 bits per heavy atom. The maximum absolute atomic E-state index is 12.5. The zero-order chi connectivity index (χ0) is 17.3. The molecule has 0 unspecified atom stereocenters. The smallest absolute Gasteiger partial charge is 0.345 e. The van der Waals surface area contributed by atoms with Gasteiger partial charge in [0.05, 0.1) is 5.56 Å². The third-order valence-electron chi connectivity index (χ3n) is 4.11. The van der Waals surface area contributed by atoms with Crippen molar-refractivity contribution in [3.8, 4) is 0 Å². The molecular formula is C17H17ClN2O4. The number of hydrogen-bond donors (Lipinski definition) is 2. The van der Waals surface area contributed by atoms with Crippen LogP contribution in [-0.2, 0) is 6.42 Å². The number of halogens is 1. The van der Waals surface area contributed by atoms with Crippen LogP contribution in [0.5, 0.6) is 0 Å². The lowest BCUT2D eigenvalue weighted by Crippen LogP contribution is -2.25. The summed E-state index contributed by atoms with van der Waals surface area (Å²) >= 11 is 5.99. The lowest BCUT2D eigenvalue weighted by molar-refractivity contribution is 0.540. The van der Waals surface area contributed by atoms with Crippen molar-refractivity contribution in [1.29, 1.82) is 0 Å². The van der Waals surface area contributed by atoms with Gasteiger partial charge in [0, 0.05) is 5.03 Å². The van der Waals surface area contributed by atoms with Crippen LogP contribution in [-0.4, -0.2) is 9.97 Å². The number of rotatable bonds is 4. The van der Waals surface area contributed by atoms with E-state index < -0.39 is 16.9 Å². The molecule has 2 aromatic rings. The molecule has 0 atom stereocenters. The molecule has 0 aromatic carbocycles. The van der Waals surface area contributed by atoms with Crippen molar-refractivity contribution >= 4 is 28.3 Å². The van der Waals surface area contributed by atoms with Crippen molar-refractivity contribution in [2.24, 2.45) is 0 Å². The average Bonchev–Trinajstić information content (AvgIpc) is 2.53. The summed E-state index contributed by atoms with van der Waals surface area (Å²) in [6, 6.07) is 0. The number of aromatic nitrogens is 2. The van der Waals surface area contributed by atoms with E-state index in [1.165, 1.54) is 0 Å². The van der Waals surface area contributed by atoms with Crippen LogP contribution in [0.4, 0.5) is 0 Å². The Morgan fingerprint density at radius 2 is 1.96 bits per heavy atom. The third-order valence-corrected chi connectivity index (χ3v) is 4.43. The quantitative estimate of drug-likeness (QED) is 0.888. The summed E-state index contributed by atoms with van der Waals surface area (Å²) in [6.07, 6.45) is 7.06. The summed E-state index contributed by atoms with van der Waals surface area (Å²) in [6.45, 7) is 2.03. The molecule has 0 aliphatic heterocycles. The summed E-state index contributed by atoms with van der Waals surface area (Å²) in [5.41, 5.74) is -0.0358. The molecule has 2 N–H and O–H groups in total. The number of allylic oxidation sites excluding steroid dienone is 4. The molecule has 126 valence electrons. The van der Waals surface area contributed by atoms with Crippen molar-refractivity contribution in [3.05, 3.63) is 59.6 Å². The van der Waals surface area contributed by atoms with E-state index in [9.17, 15) is 14.4 Å². The monoisotopic (exact) mass is 348 g/mol. The summed E-state index contributed by atoms with van der Waals surface area (Å²) < 4.78 is 5.23. The van der Waals surface area contributed by atoms with Gasteiger partial charge in [-0.2, -0.15) is 0 Å². The van der Waals surface area contributed by atoms with Crippen LogP contribution in [0.15, 0.2) is 36.0 Å². The van der Waals surface area contributed by atoms with Crippen LogP contribution < -0.4 is 16.9 Å². The number of fused-ring (bicyclic) bond motifs is 1. The van der Waals surface area contributed by atoms with Crippen molar-refractivity contribution in [2.45, 2.75) is 39.0 Å². The number of unbranched alkanes of at least 4 members (excludes halogenated alkanes) is 1. The van der Waals surface area contributed by atoms with E-state index in [4.69, 9.17) is 16.0 Å². The lowest BCUT2D eigenvalue weighted by Gasteiger charge is -2.15. The Bertz CT molecular complexity index is 1020. The maximum Gasteiger partial charge on any atom is 0.345 e. The second kappa shape index (κ2) is 6.65. The minimum Gasteiger partial charge on any atom is -0.405 e. The fraction of sp³-hybridized carbons (Fsp3) is 0.353. The fourth-order valence-electron chi connectivity index (χ4n) is 2.96. The molecule has 2 heterocycles. The molecule has 3 rings (SSSR count). The Labute approximate surface area is 141 Å². The van der Waals surface area contributed by atoms with E-state index in [2.05, 4.69) is 9.97 Å². The largest absolute Gasteiger partial charge is 0.405 e. The van der Waals surface area contributed by atoms with Gasteiger partial charge >= 0.3 is 11.3 Å². The molecule has 0 bridgehead atoms. The minimum absolute atomic E-state index is 0.0754. The molecule has 0 fully saturated rings. The van der Waals surface area contributed by atoms with Crippen molar-refractivity contribution in [3.63, 3.8) is 0 Å². The molecule has 1 aliphatic rings.